The van der Waals surface area contributed by atoms with Gasteiger partial charge in [-0.3, -0.25) is 0 Å². The Kier molecular flexibility index (Phi) is 12.2. The monoisotopic (exact) mass is 232 g/mol. The van der Waals surface area contributed by atoms with Gasteiger partial charge in [-0.1, -0.05) is 88.8 Å². The molecular weight excluding hydrogens is 204 g/mol. The number of hydrogen-bond acceptors (Lipinski definition) is 0. The summed E-state index contributed by atoms with van der Waals surface area (Å²) < 4.78 is 0. The summed E-state index contributed by atoms with van der Waals surface area (Å²) in [6.07, 6.45) is 11.4. The second kappa shape index (κ2) is 13.0. The standard InChI is InChI=1S/C9H10.C8H18/c1-2-6-9-7-4-3-5-8-9;1-3-5-7-8-6-4-2/h2-5,7-8H,1,6H2;3-8H2,1-2H3. The molecule has 1 rings (SSSR count). The molecule has 0 heterocycles. The minimum Gasteiger partial charge on any atom is -0.103 e. The molecule has 17 heavy (non-hydrogen) atoms. The van der Waals surface area contributed by atoms with Crippen LogP contribution in [0.15, 0.2) is 43.0 Å². The van der Waals surface area contributed by atoms with Gasteiger partial charge in [0.05, 0.1) is 0 Å². The first-order valence-electron chi connectivity index (χ1n) is 6.99. The van der Waals surface area contributed by atoms with Crippen molar-refractivity contribution in [1.82, 2.24) is 0 Å². The maximum absolute atomic E-state index is 3.66. The maximum atomic E-state index is 3.66. The molecule has 0 aliphatic carbocycles. The summed E-state index contributed by atoms with van der Waals surface area (Å²) in [5, 5.41) is 0. The molecule has 0 radical (unpaired) electrons. The first-order chi connectivity index (χ1) is 8.35. The lowest BCUT2D eigenvalue weighted by molar-refractivity contribution is 0.624. The van der Waals surface area contributed by atoms with Crippen molar-refractivity contribution in [3.63, 3.8) is 0 Å². The van der Waals surface area contributed by atoms with E-state index in [2.05, 4.69) is 32.6 Å². The first-order valence-corrected chi connectivity index (χ1v) is 6.99. The molecule has 0 saturated heterocycles. The summed E-state index contributed by atoms with van der Waals surface area (Å²) >= 11 is 0. The Morgan fingerprint density at radius 2 is 1.41 bits per heavy atom. The largest absolute Gasteiger partial charge is 0.103 e. The predicted octanol–water partition coefficient (Wildman–Crippen LogP) is 5.78. The van der Waals surface area contributed by atoms with Crippen molar-refractivity contribution in [2.45, 2.75) is 58.8 Å². The van der Waals surface area contributed by atoms with E-state index < -0.39 is 0 Å². The predicted molar refractivity (Wildman–Crippen MR) is 79.4 cm³/mol. The van der Waals surface area contributed by atoms with Crippen LogP contribution in [-0.4, -0.2) is 0 Å². The molecular formula is C17H28. The van der Waals surface area contributed by atoms with E-state index in [-0.39, 0.29) is 0 Å². The molecule has 0 aliphatic rings. The molecule has 0 atom stereocenters. The summed E-state index contributed by atoms with van der Waals surface area (Å²) in [5.41, 5.74) is 1.33. The molecule has 0 N–H and O–H groups in total. The molecule has 1 aromatic rings. The second-order valence-electron chi connectivity index (χ2n) is 4.39. The Hall–Kier alpha value is -1.04. The van der Waals surface area contributed by atoms with Crippen LogP contribution in [0.4, 0.5) is 0 Å². The average Bonchev–Trinajstić information content (AvgIpc) is 2.37. The molecule has 1 aromatic carbocycles. The van der Waals surface area contributed by atoms with E-state index in [1.807, 2.05) is 24.3 Å². The van der Waals surface area contributed by atoms with Crippen molar-refractivity contribution in [3.8, 4) is 0 Å². The van der Waals surface area contributed by atoms with E-state index in [4.69, 9.17) is 0 Å². The smallest absolute Gasteiger partial charge is 0.0100 e. The van der Waals surface area contributed by atoms with Gasteiger partial charge >= 0.3 is 0 Å². The molecule has 0 heteroatoms. The van der Waals surface area contributed by atoms with Gasteiger partial charge in [0.2, 0.25) is 0 Å². The van der Waals surface area contributed by atoms with Crippen molar-refractivity contribution >= 4 is 0 Å². The molecule has 0 nitrogen and oxygen atoms in total. The first kappa shape index (κ1) is 16.0. The van der Waals surface area contributed by atoms with Crippen molar-refractivity contribution < 1.29 is 0 Å². The minimum absolute atomic E-state index is 0.973. The van der Waals surface area contributed by atoms with Crippen molar-refractivity contribution in [2.75, 3.05) is 0 Å². The van der Waals surface area contributed by atoms with Crippen molar-refractivity contribution in [1.29, 1.82) is 0 Å². The van der Waals surface area contributed by atoms with Gasteiger partial charge in [0.25, 0.3) is 0 Å². The molecule has 0 unspecified atom stereocenters. The highest BCUT2D eigenvalue weighted by atomic mass is 13.9. The molecule has 0 amide bonds. The Bertz CT molecular complexity index is 242. The summed E-state index contributed by atoms with van der Waals surface area (Å²) in [6.45, 7) is 8.17. The SMILES string of the molecule is C=CCc1ccccc1.CCCCCCCC. The molecule has 0 saturated carbocycles. The maximum Gasteiger partial charge on any atom is -0.0100 e. The average molecular weight is 232 g/mol. The van der Waals surface area contributed by atoms with Gasteiger partial charge in [-0.15, -0.1) is 6.58 Å². The van der Waals surface area contributed by atoms with Crippen LogP contribution in [0.2, 0.25) is 0 Å². The van der Waals surface area contributed by atoms with Crippen molar-refractivity contribution in [2.24, 2.45) is 0 Å². The van der Waals surface area contributed by atoms with Crippen LogP contribution in [-0.2, 0) is 6.42 Å². The molecule has 96 valence electrons. The Labute approximate surface area is 108 Å². The van der Waals surface area contributed by atoms with Crippen molar-refractivity contribution in [3.05, 3.63) is 48.6 Å². The summed E-state index contributed by atoms with van der Waals surface area (Å²) in [4.78, 5) is 0. The minimum atomic E-state index is 0.973. The highest BCUT2D eigenvalue weighted by Crippen LogP contribution is 2.03. The van der Waals surface area contributed by atoms with E-state index in [0.717, 1.165) is 6.42 Å². The van der Waals surface area contributed by atoms with Crippen LogP contribution in [0, 0.1) is 0 Å². The fourth-order valence-corrected chi connectivity index (χ4v) is 1.63. The van der Waals surface area contributed by atoms with E-state index in [1.165, 1.54) is 44.1 Å². The molecule has 0 fully saturated rings. The lowest BCUT2D eigenvalue weighted by Gasteiger charge is -1.93. The molecule has 0 aliphatic heterocycles. The number of allylic oxidation sites excluding steroid dienone is 1. The number of hydrogen-bond donors (Lipinski definition) is 0. The fourth-order valence-electron chi connectivity index (χ4n) is 1.63. The van der Waals surface area contributed by atoms with Gasteiger partial charge in [0.15, 0.2) is 0 Å². The number of unbranched alkanes of at least 4 members (excludes halogenated alkanes) is 5. The Morgan fingerprint density at radius 1 is 0.882 bits per heavy atom. The molecule has 0 bridgehead atoms. The van der Waals surface area contributed by atoms with Crippen LogP contribution < -0.4 is 0 Å². The van der Waals surface area contributed by atoms with Gasteiger partial charge in [-0.2, -0.15) is 0 Å². The molecule has 0 aromatic heterocycles. The van der Waals surface area contributed by atoms with Crippen LogP contribution >= 0.6 is 0 Å². The zero-order valence-electron chi connectivity index (χ0n) is 11.6. The lowest BCUT2D eigenvalue weighted by atomic mass is 10.1. The second-order valence-corrected chi connectivity index (χ2v) is 4.39. The van der Waals surface area contributed by atoms with E-state index in [9.17, 15) is 0 Å². The topological polar surface area (TPSA) is 0 Å². The highest BCUT2D eigenvalue weighted by molar-refractivity contribution is 5.16. The van der Waals surface area contributed by atoms with Gasteiger partial charge in [0, 0.05) is 0 Å². The third-order valence-corrected chi connectivity index (χ3v) is 2.68. The third-order valence-electron chi connectivity index (χ3n) is 2.68. The van der Waals surface area contributed by atoms with Crippen LogP contribution in [0.1, 0.15) is 57.9 Å². The van der Waals surface area contributed by atoms with Gasteiger partial charge < -0.3 is 0 Å². The zero-order chi connectivity index (χ0) is 12.8. The van der Waals surface area contributed by atoms with Gasteiger partial charge in [-0.25, -0.2) is 0 Å². The lowest BCUT2D eigenvalue weighted by Crippen LogP contribution is -1.75. The normalized spacial score (nSPS) is 9.29. The van der Waals surface area contributed by atoms with Gasteiger partial charge in [-0.05, 0) is 12.0 Å². The third kappa shape index (κ3) is 11.2. The zero-order valence-corrected chi connectivity index (χ0v) is 11.6. The van der Waals surface area contributed by atoms with E-state index in [1.54, 1.807) is 0 Å². The van der Waals surface area contributed by atoms with E-state index >= 15 is 0 Å². The fraction of sp³-hybridized carbons (Fsp3) is 0.529. The Morgan fingerprint density at radius 3 is 1.82 bits per heavy atom. The molecule has 0 spiro atoms. The Balaban J connectivity index is 0.000000304. The number of benzene rings is 1. The quantitative estimate of drug-likeness (QED) is 0.413. The highest BCUT2D eigenvalue weighted by Gasteiger charge is 1.83. The van der Waals surface area contributed by atoms with Gasteiger partial charge in [0.1, 0.15) is 0 Å². The summed E-state index contributed by atoms with van der Waals surface area (Å²) in [5.74, 6) is 0. The van der Waals surface area contributed by atoms with Crippen LogP contribution in [0.25, 0.3) is 0 Å². The number of rotatable bonds is 7. The van der Waals surface area contributed by atoms with Crippen LogP contribution in [0.3, 0.4) is 0 Å². The van der Waals surface area contributed by atoms with Crippen LogP contribution in [0.5, 0.6) is 0 Å². The summed E-state index contributed by atoms with van der Waals surface area (Å²) in [7, 11) is 0. The summed E-state index contributed by atoms with van der Waals surface area (Å²) in [6, 6.07) is 10.3. The van der Waals surface area contributed by atoms with E-state index in [0.29, 0.717) is 0 Å².